The van der Waals surface area contributed by atoms with Crippen molar-refractivity contribution in [3.05, 3.63) is 92.5 Å². The second-order valence-corrected chi connectivity index (χ2v) is 6.70. The van der Waals surface area contributed by atoms with E-state index in [1.54, 1.807) is 0 Å². The number of nitro benzene ring substituents is 1. The summed E-state index contributed by atoms with van der Waals surface area (Å²) in [6.07, 6.45) is 1.80. The Kier molecular flexibility index (Phi) is 4.88. The lowest BCUT2D eigenvalue weighted by molar-refractivity contribution is -0.384. The largest absolute Gasteiger partial charge is 0.507 e. The molecule has 0 aliphatic heterocycles. The Morgan fingerprint density at radius 3 is 2.83 bits per heavy atom. The number of H-pyrrole nitrogens is 1. The molecule has 4 aromatic rings. The highest BCUT2D eigenvalue weighted by Gasteiger charge is 2.11. The minimum atomic E-state index is -0.535. The average Bonchev–Trinajstić information content (AvgIpc) is 3.07. The number of aromatic amines is 1. The maximum absolute atomic E-state index is 11.0. The van der Waals surface area contributed by atoms with Crippen LogP contribution in [0, 0.1) is 14.9 Å². The first-order valence-electron chi connectivity index (χ1n) is 8.67. The van der Waals surface area contributed by atoms with Gasteiger partial charge in [-0.1, -0.05) is 42.5 Å². The Hall–Kier alpha value is -3.85. The predicted molar refractivity (Wildman–Crippen MR) is 112 cm³/mol. The van der Waals surface area contributed by atoms with Crippen LogP contribution in [0.2, 0.25) is 0 Å². The molecule has 0 saturated carbocycles. The Morgan fingerprint density at radius 2 is 2.00 bits per heavy atom. The van der Waals surface area contributed by atoms with E-state index in [0.29, 0.717) is 12.2 Å². The fourth-order valence-corrected chi connectivity index (χ4v) is 3.25. The highest BCUT2D eigenvalue weighted by atomic mass is 32.1. The number of phenols is 1. The zero-order chi connectivity index (χ0) is 20.4. The van der Waals surface area contributed by atoms with Crippen molar-refractivity contribution in [3.63, 3.8) is 0 Å². The van der Waals surface area contributed by atoms with Gasteiger partial charge in [0.15, 0.2) is 5.82 Å². The topological polar surface area (TPSA) is 109 Å². The molecule has 0 aliphatic carbocycles. The summed E-state index contributed by atoms with van der Waals surface area (Å²) < 4.78 is 1.72. The molecule has 0 fully saturated rings. The quantitative estimate of drug-likeness (QED) is 0.224. The van der Waals surface area contributed by atoms with Gasteiger partial charge in [-0.15, -0.1) is 0 Å². The van der Waals surface area contributed by atoms with Gasteiger partial charge in [-0.3, -0.25) is 15.2 Å². The Labute approximate surface area is 169 Å². The molecular formula is C20H15N5O3S. The molecule has 0 amide bonds. The van der Waals surface area contributed by atoms with Crippen LogP contribution in [0.3, 0.4) is 0 Å². The van der Waals surface area contributed by atoms with Gasteiger partial charge in [0.25, 0.3) is 5.69 Å². The van der Waals surface area contributed by atoms with E-state index >= 15 is 0 Å². The van der Waals surface area contributed by atoms with Crippen molar-refractivity contribution in [2.24, 2.45) is 5.10 Å². The third-order valence-electron chi connectivity index (χ3n) is 4.48. The van der Waals surface area contributed by atoms with Gasteiger partial charge in [0.1, 0.15) is 5.75 Å². The van der Waals surface area contributed by atoms with Crippen molar-refractivity contribution >= 4 is 34.9 Å². The van der Waals surface area contributed by atoms with Crippen LogP contribution < -0.4 is 0 Å². The number of nitrogens with zero attached hydrogens (tertiary/aromatic N) is 4. The fraction of sp³-hybridized carbons (Fsp3) is 0.0500. The summed E-state index contributed by atoms with van der Waals surface area (Å²) in [6, 6.07) is 17.8. The molecule has 3 aromatic carbocycles. The molecule has 0 unspecified atom stereocenters. The lowest BCUT2D eigenvalue weighted by atomic mass is 10.0. The summed E-state index contributed by atoms with van der Waals surface area (Å²) >= 11 is 5.26. The van der Waals surface area contributed by atoms with Crippen LogP contribution in [0.5, 0.6) is 5.75 Å². The second kappa shape index (κ2) is 7.64. The zero-order valence-corrected chi connectivity index (χ0v) is 15.8. The van der Waals surface area contributed by atoms with Crippen molar-refractivity contribution in [2.45, 2.75) is 6.42 Å². The summed E-state index contributed by atoms with van der Waals surface area (Å²) in [7, 11) is 0. The molecule has 144 valence electrons. The zero-order valence-electron chi connectivity index (χ0n) is 15.0. The fourth-order valence-electron chi connectivity index (χ4n) is 3.05. The Bertz CT molecular complexity index is 1300. The molecule has 4 rings (SSSR count). The van der Waals surface area contributed by atoms with Crippen molar-refractivity contribution in [1.82, 2.24) is 14.9 Å². The van der Waals surface area contributed by atoms with Crippen LogP contribution in [-0.4, -0.2) is 31.1 Å². The first-order chi connectivity index (χ1) is 14.0. The van der Waals surface area contributed by atoms with Gasteiger partial charge in [0.2, 0.25) is 4.77 Å². The summed E-state index contributed by atoms with van der Waals surface area (Å²) in [6.45, 7) is 0. The number of hydrogen-bond donors (Lipinski definition) is 2. The Balaban J connectivity index is 1.70. The number of rotatable bonds is 5. The first kappa shape index (κ1) is 18.5. The van der Waals surface area contributed by atoms with Crippen LogP contribution >= 0.6 is 12.2 Å². The molecule has 0 radical (unpaired) electrons. The normalized spacial score (nSPS) is 11.3. The van der Waals surface area contributed by atoms with E-state index in [-0.39, 0.29) is 21.8 Å². The number of benzene rings is 3. The number of aromatic hydroxyl groups is 1. The summed E-state index contributed by atoms with van der Waals surface area (Å²) in [5, 5.41) is 34.4. The van der Waals surface area contributed by atoms with Gasteiger partial charge in [0, 0.05) is 24.1 Å². The number of hydrogen-bond acceptors (Lipinski definition) is 6. The molecule has 0 aliphatic rings. The summed E-state index contributed by atoms with van der Waals surface area (Å²) in [5.74, 6) is 0.456. The molecule has 1 heterocycles. The van der Waals surface area contributed by atoms with Crippen molar-refractivity contribution < 1.29 is 10.0 Å². The van der Waals surface area contributed by atoms with E-state index in [4.69, 9.17) is 12.2 Å². The molecule has 0 saturated heterocycles. The van der Waals surface area contributed by atoms with E-state index in [1.165, 1.54) is 29.1 Å². The molecule has 9 heteroatoms. The maximum Gasteiger partial charge on any atom is 0.270 e. The van der Waals surface area contributed by atoms with Crippen molar-refractivity contribution in [3.8, 4) is 5.75 Å². The van der Waals surface area contributed by atoms with Crippen LogP contribution in [0.25, 0.3) is 10.8 Å². The van der Waals surface area contributed by atoms with E-state index in [2.05, 4.69) is 15.3 Å². The van der Waals surface area contributed by atoms with E-state index in [0.717, 1.165) is 16.3 Å². The predicted octanol–water partition coefficient (Wildman–Crippen LogP) is 4.18. The van der Waals surface area contributed by atoms with Gasteiger partial charge >= 0.3 is 0 Å². The average molecular weight is 405 g/mol. The van der Waals surface area contributed by atoms with Crippen molar-refractivity contribution in [1.29, 1.82) is 0 Å². The number of phenolic OH excluding ortho intramolecular Hbond substituents is 1. The minimum absolute atomic E-state index is 0.120. The molecular weight excluding hydrogens is 390 g/mol. The smallest absolute Gasteiger partial charge is 0.270 e. The molecule has 29 heavy (non-hydrogen) atoms. The summed E-state index contributed by atoms with van der Waals surface area (Å²) in [4.78, 5) is 10.4. The maximum atomic E-state index is 11.0. The van der Waals surface area contributed by atoms with Crippen LogP contribution in [0.1, 0.15) is 17.0 Å². The number of nitro groups is 1. The van der Waals surface area contributed by atoms with Crippen LogP contribution in [0.4, 0.5) is 5.69 Å². The molecule has 0 atom stereocenters. The molecule has 2 N–H and O–H groups in total. The molecule has 0 bridgehead atoms. The van der Waals surface area contributed by atoms with Gasteiger partial charge in [0.05, 0.1) is 11.1 Å². The third kappa shape index (κ3) is 3.76. The standard InChI is InChI=1S/C20H15N5O3S/c26-18-9-8-16(25(27)28)10-15(18)12-21-24-19(22-23-20(24)29)11-14-6-3-5-13-4-1-2-7-17(13)14/h1-10,12,26H,11H2,(H,23,29)/b21-12+. The lowest BCUT2D eigenvalue weighted by Gasteiger charge is -2.06. The summed E-state index contributed by atoms with van der Waals surface area (Å²) in [5.41, 5.74) is 1.13. The van der Waals surface area contributed by atoms with E-state index in [9.17, 15) is 15.2 Å². The van der Waals surface area contributed by atoms with E-state index in [1.807, 2.05) is 42.5 Å². The van der Waals surface area contributed by atoms with Crippen LogP contribution in [0.15, 0.2) is 65.8 Å². The number of nitrogens with one attached hydrogen (secondary N) is 1. The lowest BCUT2D eigenvalue weighted by Crippen LogP contribution is -2.01. The highest BCUT2D eigenvalue weighted by Crippen LogP contribution is 2.22. The molecule has 1 aromatic heterocycles. The van der Waals surface area contributed by atoms with E-state index < -0.39 is 4.92 Å². The molecule has 8 nitrogen and oxygen atoms in total. The van der Waals surface area contributed by atoms with Gasteiger partial charge in [-0.05, 0) is 34.6 Å². The first-order valence-corrected chi connectivity index (χ1v) is 9.08. The minimum Gasteiger partial charge on any atom is -0.507 e. The highest BCUT2D eigenvalue weighted by molar-refractivity contribution is 7.71. The monoisotopic (exact) mass is 405 g/mol. The molecule has 0 spiro atoms. The third-order valence-corrected chi connectivity index (χ3v) is 4.74. The second-order valence-electron chi connectivity index (χ2n) is 6.32. The SMILES string of the molecule is O=[N+]([O-])c1ccc(O)c(/C=N/n2c(Cc3cccc4ccccc34)n[nH]c2=S)c1. The number of fused-ring (bicyclic) bond motifs is 1. The van der Waals surface area contributed by atoms with Gasteiger partial charge in [-0.25, -0.2) is 0 Å². The number of non-ortho nitro benzene ring substituents is 1. The number of aromatic nitrogens is 3. The Morgan fingerprint density at radius 1 is 1.21 bits per heavy atom. The van der Waals surface area contributed by atoms with Crippen molar-refractivity contribution in [2.75, 3.05) is 0 Å². The van der Waals surface area contributed by atoms with Gasteiger partial charge in [-0.2, -0.15) is 14.9 Å². The van der Waals surface area contributed by atoms with Crippen LogP contribution in [-0.2, 0) is 6.42 Å². The van der Waals surface area contributed by atoms with Gasteiger partial charge < -0.3 is 5.11 Å².